The average molecular weight is 392 g/mol. The summed E-state index contributed by atoms with van der Waals surface area (Å²) in [6.45, 7) is 0. The first-order chi connectivity index (χ1) is 11.1. The molecule has 0 fully saturated rings. The van der Waals surface area contributed by atoms with Crippen molar-refractivity contribution in [1.29, 1.82) is 0 Å². The number of carbonyl (C=O) groups excluding carboxylic acids is 2. The molecule has 8 heteroatoms. The number of anilines is 2. The molecule has 3 aromatic rings. The maximum Gasteiger partial charge on any atom is 0.302 e. The summed E-state index contributed by atoms with van der Waals surface area (Å²) in [7, 11) is 0. The minimum absolute atomic E-state index is 0.0272. The van der Waals surface area contributed by atoms with Gasteiger partial charge in [-0.15, -0.1) is 0 Å². The molecule has 6 nitrogen and oxygen atoms in total. The SMILES string of the molecule is O=C(Nc1nc(C(=O)Nc2cccc(Br)c2)co1)c1ccsc1. The second-order valence-electron chi connectivity index (χ2n) is 4.47. The van der Waals surface area contributed by atoms with Gasteiger partial charge in [0.05, 0.1) is 5.56 Å². The van der Waals surface area contributed by atoms with Gasteiger partial charge in [-0.05, 0) is 29.6 Å². The van der Waals surface area contributed by atoms with Gasteiger partial charge in [-0.2, -0.15) is 16.3 Å². The number of aromatic nitrogens is 1. The second-order valence-corrected chi connectivity index (χ2v) is 6.16. The van der Waals surface area contributed by atoms with Crippen LogP contribution in [-0.4, -0.2) is 16.8 Å². The van der Waals surface area contributed by atoms with Crippen molar-refractivity contribution in [2.24, 2.45) is 0 Å². The summed E-state index contributed by atoms with van der Waals surface area (Å²) in [4.78, 5) is 27.9. The number of hydrogen-bond acceptors (Lipinski definition) is 5. The predicted octanol–water partition coefficient (Wildman–Crippen LogP) is 4.00. The molecule has 0 unspecified atom stereocenters. The van der Waals surface area contributed by atoms with Gasteiger partial charge in [0.1, 0.15) is 6.26 Å². The zero-order chi connectivity index (χ0) is 16.2. The molecule has 0 aliphatic carbocycles. The monoisotopic (exact) mass is 391 g/mol. The van der Waals surface area contributed by atoms with Gasteiger partial charge in [0, 0.05) is 15.5 Å². The van der Waals surface area contributed by atoms with Crippen molar-refractivity contribution < 1.29 is 14.0 Å². The first-order valence-corrected chi connectivity index (χ1v) is 8.21. The van der Waals surface area contributed by atoms with Gasteiger partial charge in [-0.1, -0.05) is 22.0 Å². The lowest BCUT2D eigenvalue weighted by Crippen LogP contribution is -2.14. The molecule has 0 aliphatic rings. The van der Waals surface area contributed by atoms with Crippen molar-refractivity contribution in [3.8, 4) is 0 Å². The molecule has 2 N–H and O–H groups in total. The summed E-state index contributed by atoms with van der Waals surface area (Å²) in [5.41, 5.74) is 1.20. The summed E-state index contributed by atoms with van der Waals surface area (Å²) in [6.07, 6.45) is 1.19. The lowest BCUT2D eigenvalue weighted by atomic mass is 10.3. The van der Waals surface area contributed by atoms with Crippen LogP contribution in [0.1, 0.15) is 20.8 Å². The van der Waals surface area contributed by atoms with Crippen molar-refractivity contribution in [1.82, 2.24) is 4.98 Å². The Morgan fingerprint density at radius 3 is 2.78 bits per heavy atom. The molecular weight excluding hydrogens is 382 g/mol. The lowest BCUT2D eigenvalue weighted by molar-refractivity contribution is 0.101. The molecule has 3 rings (SSSR count). The van der Waals surface area contributed by atoms with E-state index in [4.69, 9.17) is 4.42 Å². The molecule has 2 heterocycles. The molecule has 0 aliphatic heterocycles. The maximum absolute atomic E-state index is 12.1. The van der Waals surface area contributed by atoms with Crippen molar-refractivity contribution in [2.75, 3.05) is 10.6 Å². The fourth-order valence-corrected chi connectivity index (χ4v) is 2.79. The van der Waals surface area contributed by atoms with Gasteiger partial charge in [-0.25, -0.2) is 0 Å². The third kappa shape index (κ3) is 3.85. The molecule has 2 aromatic heterocycles. The highest BCUT2D eigenvalue weighted by atomic mass is 79.9. The van der Waals surface area contributed by atoms with Gasteiger partial charge in [-0.3, -0.25) is 14.9 Å². The van der Waals surface area contributed by atoms with Crippen LogP contribution < -0.4 is 10.6 Å². The van der Waals surface area contributed by atoms with E-state index >= 15 is 0 Å². The van der Waals surface area contributed by atoms with Crippen LogP contribution in [0, 0.1) is 0 Å². The fraction of sp³-hybridized carbons (Fsp3) is 0. The summed E-state index contributed by atoms with van der Waals surface area (Å²) in [6, 6.07) is 8.82. The third-order valence-corrected chi connectivity index (χ3v) is 4.00. The average Bonchev–Trinajstić information content (AvgIpc) is 3.18. The number of benzene rings is 1. The van der Waals surface area contributed by atoms with Gasteiger partial charge < -0.3 is 9.73 Å². The number of rotatable bonds is 4. The van der Waals surface area contributed by atoms with Crippen molar-refractivity contribution in [3.63, 3.8) is 0 Å². The standard InChI is InChI=1S/C15H10BrN3O3S/c16-10-2-1-3-11(6-10)17-14(21)12-7-22-15(18-12)19-13(20)9-4-5-23-8-9/h1-8H,(H,17,21)(H,18,19,20). The maximum atomic E-state index is 12.1. The smallest absolute Gasteiger partial charge is 0.302 e. The summed E-state index contributed by atoms with van der Waals surface area (Å²) < 4.78 is 5.95. The van der Waals surface area contributed by atoms with Gasteiger partial charge in [0.15, 0.2) is 5.69 Å². The molecule has 0 atom stereocenters. The Balaban J connectivity index is 1.66. The Morgan fingerprint density at radius 1 is 1.17 bits per heavy atom. The predicted molar refractivity (Wildman–Crippen MR) is 90.9 cm³/mol. The van der Waals surface area contributed by atoms with Crippen molar-refractivity contribution in [2.45, 2.75) is 0 Å². The third-order valence-electron chi connectivity index (χ3n) is 2.82. The number of oxazole rings is 1. The van der Waals surface area contributed by atoms with Crippen molar-refractivity contribution >= 4 is 50.8 Å². The Hall–Kier alpha value is -2.45. The van der Waals surface area contributed by atoms with E-state index in [2.05, 4.69) is 31.5 Å². The number of nitrogens with one attached hydrogen (secondary N) is 2. The summed E-state index contributed by atoms with van der Waals surface area (Å²) in [5.74, 6) is -0.769. The van der Waals surface area contributed by atoms with E-state index in [9.17, 15) is 9.59 Å². The first kappa shape index (κ1) is 15.4. The van der Waals surface area contributed by atoms with E-state index in [0.29, 0.717) is 11.3 Å². The van der Waals surface area contributed by atoms with Crippen LogP contribution in [0.15, 0.2) is 56.2 Å². The van der Waals surface area contributed by atoms with E-state index in [-0.39, 0.29) is 17.6 Å². The highest BCUT2D eigenvalue weighted by molar-refractivity contribution is 9.10. The fourth-order valence-electron chi connectivity index (χ4n) is 1.76. The zero-order valence-electron chi connectivity index (χ0n) is 11.6. The van der Waals surface area contributed by atoms with Gasteiger partial charge >= 0.3 is 6.01 Å². The molecule has 0 radical (unpaired) electrons. The zero-order valence-corrected chi connectivity index (χ0v) is 14.0. The van der Waals surface area contributed by atoms with Crippen LogP contribution in [0.4, 0.5) is 11.7 Å². The first-order valence-electron chi connectivity index (χ1n) is 6.48. The van der Waals surface area contributed by atoms with Gasteiger partial charge in [0.25, 0.3) is 11.8 Å². The molecule has 0 bridgehead atoms. The number of nitrogens with zero attached hydrogens (tertiary/aromatic N) is 1. The Labute approximate surface area is 143 Å². The van der Waals surface area contributed by atoms with Crippen LogP contribution in [0.25, 0.3) is 0 Å². The Kier molecular flexibility index (Phi) is 4.54. The minimum Gasteiger partial charge on any atom is -0.431 e. The van der Waals surface area contributed by atoms with E-state index in [1.807, 2.05) is 6.07 Å². The van der Waals surface area contributed by atoms with Crippen LogP contribution in [0.5, 0.6) is 0 Å². The van der Waals surface area contributed by atoms with E-state index in [1.165, 1.54) is 17.6 Å². The van der Waals surface area contributed by atoms with Crippen LogP contribution >= 0.6 is 27.3 Å². The molecule has 116 valence electrons. The highest BCUT2D eigenvalue weighted by Gasteiger charge is 2.15. The van der Waals surface area contributed by atoms with Crippen molar-refractivity contribution in [3.05, 3.63) is 63.1 Å². The lowest BCUT2D eigenvalue weighted by Gasteiger charge is -2.02. The van der Waals surface area contributed by atoms with E-state index in [0.717, 1.165) is 4.47 Å². The normalized spacial score (nSPS) is 10.3. The summed E-state index contributed by atoms with van der Waals surface area (Å²) in [5, 5.41) is 8.69. The highest BCUT2D eigenvalue weighted by Crippen LogP contribution is 2.17. The van der Waals surface area contributed by atoms with Crippen LogP contribution in [-0.2, 0) is 0 Å². The Bertz CT molecular complexity index is 845. The number of halogens is 1. The largest absolute Gasteiger partial charge is 0.431 e. The number of carbonyl (C=O) groups is 2. The molecule has 1 aromatic carbocycles. The molecule has 0 saturated carbocycles. The van der Waals surface area contributed by atoms with Gasteiger partial charge in [0.2, 0.25) is 0 Å². The topological polar surface area (TPSA) is 84.2 Å². The number of thiophene rings is 1. The number of amides is 2. The van der Waals surface area contributed by atoms with E-state index < -0.39 is 5.91 Å². The van der Waals surface area contributed by atoms with Crippen LogP contribution in [0.3, 0.4) is 0 Å². The molecule has 2 amide bonds. The molecular formula is C15H10BrN3O3S. The quantitative estimate of drug-likeness (QED) is 0.703. The molecule has 23 heavy (non-hydrogen) atoms. The van der Waals surface area contributed by atoms with Crippen LogP contribution in [0.2, 0.25) is 0 Å². The minimum atomic E-state index is -0.428. The summed E-state index contributed by atoms with van der Waals surface area (Å²) >= 11 is 4.74. The molecule has 0 saturated heterocycles. The Morgan fingerprint density at radius 2 is 2.04 bits per heavy atom. The number of hydrogen-bond donors (Lipinski definition) is 2. The van der Waals surface area contributed by atoms with E-state index in [1.54, 1.807) is 35.0 Å². The second kappa shape index (κ2) is 6.76. The molecule has 0 spiro atoms.